The average molecular weight is 524 g/mol. The number of amides is 2. The number of para-hydroxylation sites is 1. The second-order valence-corrected chi connectivity index (χ2v) is 9.65. The molecule has 1 atom stereocenters. The lowest BCUT2D eigenvalue weighted by atomic mass is 10.0. The summed E-state index contributed by atoms with van der Waals surface area (Å²) in [5.41, 5.74) is 3.14. The van der Waals surface area contributed by atoms with Crippen LogP contribution >= 0.6 is 11.6 Å². The first-order valence-electron chi connectivity index (χ1n) is 12.4. The summed E-state index contributed by atoms with van der Waals surface area (Å²) in [7, 11) is 0. The molecule has 194 valence electrons. The van der Waals surface area contributed by atoms with Gasteiger partial charge in [-0.05, 0) is 29.3 Å². The monoisotopic (exact) mass is 523 g/mol. The van der Waals surface area contributed by atoms with Gasteiger partial charge in [-0.25, -0.2) is 4.79 Å². The van der Waals surface area contributed by atoms with Crippen LogP contribution in [-0.2, 0) is 22.5 Å². The Hall–Kier alpha value is -3.63. The molecule has 2 amide bonds. The molecule has 3 aromatic rings. The molecule has 2 fully saturated rings. The van der Waals surface area contributed by atoms with Gasteiger partial charge in [0.15, 0.2) is 0 Å². The molecule has 1 aromatic heterocycles. The highest BCUT2D eigenvalue weighted by Gasteiger charge is 2.31. The molecule has 10 nitrogen and oxygen atoms in total. The molecule has 0 spiro atoms. The Bertz CT molecular complexity index is 1190. The minimum absolute atomic E-state index is 0.118. The van der Waals surface area contributed by atoms with Crippen LogP contribution in [-0.4, -0.2) is 83.3 Å². The minimum atomic E-state index is -0.730. The van der Waals surface area contributed by atoms with Gasteiger partial charge in [-0.3, -0.25) is 4.79 Å². The third-order valence-electron chi connectivity index (χ3n) is 6.66. The summed E-state index contributed by atoms with van der Waals surface area (Å²) in [5.74, 6) is -0.118. The van der Waals surface area contributed by atoms with Crippen molar-refractivity contribution in [3.63, 3.8) is 0 Å². The van der Waals surface area contributed by atoms with Gasteiger partial charge in [0, 0.05) is 56.4 Å². The predicted octanol–water partition coefficient (Wildman–Crippen LogP) is 1.94. The number of nitrogens with zero attached hydrogens (tertiary/aromatic N) is 5. The molecule has 0 radical (unpaired) electrons. The molecule has 1 unspecified atom stereocenters. The highest BCUT2D eigenvalue weighted by Crippen LogP contribution is 2.23. The first kappa shape index (κ1) is 25.0. The smallest absolute Gasteiger partial charge is 0.408 e. The normalized spacial score (nSPS) is 16.7. The number of ether oxygens (including phenoxy) is 1. The maximum atomic E-state index is 13.6. The zero-order valence-corrected chi connectivity index (χ0v) is 21.2. The molecule has 0 saturated carbocycles. The van der Waals surface area contributed by atoms with Crippen molar-refractivity contribution in [1.29, 1.82) is 0 Å². The number of halogens is 1. The van der Waals surface area contributed by atoms with Gasteiger partial charge >= 0.3 is 6.09 Å². The topological polar surface area (TPSA) is 105 Å². The van der Waals surface area contributed by atoms with E-state index in [4.69, 9.17) is 16.3 Å². The Balaban J connectivity index is 1.24. The van der Waals surface area contributed by atoms with Gasteiger partial charge in [0.25, 0.3) is 0 Å². The summed E-state index contributed by atoms with van der Waals surface area (Å²) < 4.78 is 5.42. The van der Waals surface area contributed by atoms with Crippen molar-refractivity contribution in [2.45, 2.75) is 25.1 Å². The number of rotatable bonds is 8. The fourth-order valence-electron chi connectivity index (χ4n) is 4.55. The Morgan fingerprint density at radius 2 is 1.73 bits per heavy atom. The highest BCUT2D eigenvalue weighted by molar-refractivity contribution is 6.30. The summed E-state index contributed by atoms with van der Waals surface area (Å²) >= 11 is 6.03. The second-order valence-electron chi connectivity index (χ2n) is 9.21. The van der Waals surface area contributed by atoms with E-state index < -0.39 is 12.1 Å². The molecule has 0 bridgehead atoms. The van der Waals surface area contributed by atoms with Crippen molar-refractivity contribution in [2.24, 2.45) is 0 Å². The first-order valence-corrected chi connectivity index (χ1v) is 12.8. The van der Waals surface area contributed by atoms with Crippen LogP contribution in [0.3, 0.4) is 0 Å². The molecule has 2 N–H and O–H groups in total. The molecule has 2 aromatic carbocycles. The van der Waals surface area contributed by atoms with E-state index in [9.17, 15) is 9.59 Å². The number of hydrogen-bond acceptors (Lipinski definition) is 7. The SMILES string of the molecule is O=C(NC(Cc1ccc(Cl)cc1)C(=O)N1CCN(c2ccccc2Cn2nccn2)CC1)OC1CNC1. The summed E-state index contributed by atoms with van der Waals surface area (Å²) in [5, 5.41) is 14.9. The van der Waals surface area contributed by atoms with E-state index in [0.29, 0.717) is 57.3 Å². The van der Waals surface area contributed by atoms with Crippen LogP contribution in [0, 0.1) is 0 Å². The molecular formula is C26H30ClN7O3. The fourth-order valence-corrected chi connectivity index (χ4v) is 4.67. The Morgan fingerprint density at radius 1 is 1.03 bits per heavy atom. The zero-order valence-electron chi connectivity index (χ0n) is 20.4. The van der Waals surface area contributed by atoms with Crippen LogP contribution in [0.2, 0.25) is 5.02 Å². The van der Waals surface area contributed by atoms with Crippen molar-refractivity contribution in [1.82, 2.24) is 30.5 Å². The van der Waals surface area contributed by atoms with Crippen LogP contribution in [0.4, 0.5) is 10.5 Å². The lowest BCUT2D eigenvalue weighted by Crippen LogP contribution is -2.57. The van der Waals surface area contributed by atoms with E-state index in [1.54, 1.807) is 29.3 Å². The summed E-state index contributed by atoms with van der Waals surface area (Å²) in [6, 6.07) is 14.8. The first-order chi connectivity index (χ1) is 18.0. The van der Waals surface area contributed by atoms with E-state index in [-0.39, 0.29) is 12.0 Å². The predicted molar refractivity (Wildman–Crippen MR) is 140 cm³/mol. The van der Waals surface area contributed by atoms with Crippen molar-refractivity contribution >= 4 is 29.3 Å². The molecule has 3 heterocycles. The second kappa shape index (κ2) is 11.6. The van der Waals surface area contributed by atoms with Gasteiger partial charge in [-0.1, -0.05) is 41.9 Å². The lowest BCUT2D eigenvalue weighted by molar-refractivity contribution is -0.133. The summed E-state index contributed by atoms with van der Waals surface area (Å²) in [4.78, 5) is 31.9. The Kier molecular flexibility index (Phi) is 7.86. The number of alkyl carbamates (subject to hydrolysis) is 1. The summed E-state index contributed by atoms with van der Waals surface area (Å²) in [6.07, 6.45) is 2.96. The number of anilines is 1. The molecular weight excluding hydrogens is 494 g/mol. The van der Waals surface area contributed by atoms with Crippen LogP contribution in [0.5, 0.6) is 0 Å². The van der Waals surface area contributed by atoms with Crippen LogP contribution < -0.4 is 15.5 Å². The van der Waals surface area contributed by atoms with Crippen molar-refractivity contribution in [2.75, 3.05) is 44.2 Å². The van der Waals surface area contributed by atoms with Gasteiger partial charge in [-0.2, -0.15) is 15.0 Å². The number of piperazine rings is 1. The molecule has 2 saturated heterocycles. The van der Waals surface area contributed by atoms with Crippen LogP contribution in [0.1, 0.15) is 11.1 Å². The van der Waals surface area contributed by atoms with Gasteiger partial charge in [0.2, 0.25) is 5.91 Å². The maximum Gasteiger partial charge on any atom is 0.408 e. The molecule has 0 aliphatic carbocycles. The fraction of sp³-hybridized carbons (Fsp3) is 0.385. The summed E-state index contributed by atoms with van der Waals surface area (Å²) in [6.45, 7) is 4.30. The quantitative estimate of drug-likeness (QED) is 0.465. The van der Waals surface area contributed by atoms with E-state index in [1.165, 1.54) is 0 Å². The largest absolute Gasteiger partial charge is 0.444 e. The van der Waals surface area contributed by atoms with Crippen LogP contribution in [0.25, 0.3) is 0 Å². The minimum Gasteiger partial charge on any atom is -0.444 e. The highest BCUT2D eigenvalue weighted by atomic mass is 35.5. The molecule has 2 aliphatic rings. The van der Waals surface area contributed by atoms with Crippen molar-refractivity contribution in [3.05, 3.63) is 77.1 Å². The Morgan fingerprint density at radius 3 is 2.41 bits per heavy atom. The third kappa shape index (κ3) is 6.39. The van der Waals surface area contributed by atoms with E-state index in [1.807, 2.05) is 29.2 Å². The van der Waals surface area contributed by atoms with Gasteiger partial charge in [-0.15, -0.1) is 0 Å². The van der Waals surface area contributed by atoms with Crippen molar-refractivity contribution in [3.8, 4) is 0 Å². The zero-order chi connectivity index (χ0) is 25.6. The number of carbonyl (C=O) groups is 2. The molecule has 2 aliphatic heterocycles. The van der Waals surface area contributed by atoms with Crippen LogP contribution in [0.15, 0.2) is 60.9 Å². The number of aromatic nitrogens is 3. The maximum absolute atomic E-state index is 13.6. The molecule has 37 heavy (non-hydrogen) atoms. The van der Waals surface area contributed by atoms with E-state index in [0.717, 1.165) is 16.8 Å². The number of benzene rings is 2. The molecule has 5 rings (SSSR count). The van der Waals surface area contributed by atoms with E-state index in [2.05, 4.69) is 37.9 Å². The van der Waals surface area contributed by atoms with Gasteiger partial charge < -0.3 is 25.2 Å². The number of carbonyl (C=O) groups excluding carboxylic acids is 2. The van der Waals surface area contributed by atoms with Gasteiger partial charge in [0.05, 0.1) is 18.9 Å². The van der Waals surface area contributed by atoms with Crippen molar-refractivity contribution < 1.29 is 14.3 Å². The van der Waals surface area contributed by atoms with E-state index >= 15 is 0 Å². The van der Waals surface area contributed by atoms with Gasteiger partial charge in [0.1, 0.15) is 12.1 Å². The standard InChI is InChI=1S/C26H30ClN7O3/c27-21-7-5-19(6-8-21)15-23(31-26(36)37-22-16-28-17-22)25(35)33-13-11-32(12-14-33)24-4-2-1-3-20(24)18-34-29-9-10-30-34/h1-10,22-23,28H,11-18H2,(H,31,36). The molecule has 11 heteroatoms. The Labute approximate surface area is 220 Å². The lowest BCUT2D eigenvalue weighted by Gasteiger charge is -2.38. The average Bonchev–Trinajstić information content (AvgIpc) is 3.40. The number of nitrogens with one attached hydrogen (secondary N) is 2. The third-order valence-corrected chi connectivity index (χ3v) is 6.91. The number of hydrogen-bond donors (Lipinski definition) is 2.